The van der Waals surface area contributed by atoms with Crippen LogP contribution in [0.1, 0.15) is 108 Å². The number of aliphatic hydroxyl groups is 1. The second-order valence-corrected chi connectivity index (χ2v) is 12.1. The average molecular weight is 543 g/mol. The van der Waals surface area contributed by atoms with Gasteiger partial charge in [0.25, 0.3) is 0 Å². The van der Waals surface area contributed by atoms with Crippen LogP contribution in [0.3, 0.4) is 0 Å². The molecule has 4 atom stereocenters. The first-order valence-corrected chi connectivity index (χ1v) is 14.9. The minimum atomic E-state index is -0.957. The Morgan fingerprint density at radius 2 is 1.85 bits per heavy atom. The second kappa shape index (κ2) is 19.7. The number of nitrogens with zero attached hydrogens (tertiary/aromatic N) is 1. The van der Waals surface area contributed by atoms with Crippen molar-refractivity contribution in [1.82, 2.24) is 5.32 Å². The lowest BCUT2D eigenvalue weighted by Crippen LogP contribution is -2.43. The number of hydrogen-bond donors (Lipinski definition) is 2. The summed E-state index contributed by atoms with van der Waals surface area (Å²) in [7, 11) is 0. The van der Waals surface area contributed by atoms with E-state index in [1.165, 1.54) is 0 Å². The third kappa shape index (κ3) is 16.4. The topological polar surface area (TPSA) is 78.8 Å². The van der Waals surface area contributed by atoms with E-state index in [9.17, 15) is 14.7 Å². The zero-order valence-corrected chi connectivity index (χ0v) is 26.6. The van der Waals surface area contributed by atoms with Gasteiger partial charge in [0.15, 0.2) is 0 Å². The molecule has 0 fully saturated rings. The Morgan fingerprint density at radius 3 is 2.44 bits per heavy atom. The van der Waals surface area contributed by atoms with Gasteiger partial charge in [-0.1, -0.05) is 91.3 Å². The van der Waals surface area contributed by atoms with E-state index in [1.54, 1.807) is 13.8 Å². The number of ketones is 1. The molecule has 1 rings (SSSR count). The summed E-state index contributed by atoms with van der Waals surface area (Å²) >= 11 is 0. The maximum Gasteiger partial charge on any atom is 0.222 e. The Balaban J connectivity index is 0.000000830. The smallest absolute Gasteiger partial charge is 0.222 e. The lowest BCUT2D eigenvalue weighted by atomic mass is 9.74. The van der Waals surface area contributed by atoms with Gasteiger partial charge in [-0.25, -0.2) is 0 Å². The minimum absolute atomic E-state index is 0.0303. The highest BCUT2D eigenvalue weighted by atomic mass is 16.3. The van der Waals surface area contributed by atoms with Gasteiger partial charge in [0, 0.05) is 24.6 Å². The molecule has 1 heterocycles. The van der Waals surface area contributed by atoms with Gasteiger partial charge in [0.1, 0.15) is 5.78 Å². The van der Waals surface area contributed by atoms with Crippen LogP contribution in [0.25, 0.3) is 0 Å². The number of amides is 1. The quantitative estimate of drug-likeness (QED) is 0.210. The van der Waals surface area contributed by atoms with Crippen LogP contribution in [0.4, 0.5) is 0 Å². The molecule has 5 nitrogen and oxygen atoms in total. The molecule has 1 aliphatic rings. The van der Waals surface area contributed by atoms with Gasteiger partial charge in [-0.2, -0.15) is 0 Å². The predicted octanol–water partition coefficient (Wildman–Crippen LogP) is 8.02. The van der Waals surface area contributed by atoms with Crippen molar-refractivity contribution < 1.29 is 14.7 Å². The van der Waals surface area contributed by atoms with Gasteiger partial charge in [-0.15, -0.1) is 0 Å². The highest BCUT2D eigenvalue weighted by molar-refractivity contribution is 5.87. The van der Waals surface area contributed by atoms with Crippen LogP contribution in [0.15, 0.2) is 53.2 Å². The third-order valence-corrected chi connectivity index (χ3v) is 7.01. The molecule has 1 amide bonds. The number of carbonyl (C=O) groups is 2. The fourth-order valence-corrected chi connectivity index (χ4v) is 4.58. The van der Waals surface area contributed by atoms with E-state index >= 15 is 0 Å². The molecule has 0 aromatic carbocycles. The van der Waals surface area contributed by atoms with E-state index in [0.717, 1.165) is 43.5 Å². The third-order valence-electron chi connectivity index (χ3n) is 7.01. The summed E-state index contributed by atoms with van der Waals surface area (Å²) in [5.41, 5.74) is 1.31. The van der Waals surface area contributed by atoms with Gasteiger partial charge in [-0.3, -0.25) is 14.6 Å². The summed E-state index contributed by atoms with van der Waals surface area (Å²) in [5.74, 6) is 1.04. The van der Waals surface area contributed by atoms with Crippen LogP contribution >= 0.6 is 0 Å². The van der Waals surface area contributed by atoms with Gasteiger partial charge < -0.3 is 10.4 Å². The normalized spacial score (nSPS) is 27.4. The fourth-order valence-electron chi connectivity index (χ4n) is 4.58. The zero-order valence-electron chi connectivity index (χ0n) is 26.6. The summed E-state index contributed by atoms with van der Waals surface area (Å²) < 4.78 is 0. The number of nitrogens with one attached hydrogen (secondary N) is 1. The van der Waals surface area contributed by atoms with E-state index in [4.69, 9.17) is 0 Å². The number of allylic oxidation sites excluding steroid dienone is 6. The number of Topliss-reactive ketones (excluding diaryl/α,β-unsaturated/α-hetero) is 1. The Bertz CT molecular complexity index is 877. The molecule has 0 aliphatic carbocycles. The first-order chi connectivity index (χ1) is 18.2. The molecule has 0 aromatic rings. The molecule has 39 heavy (non-hydrogen) atoms. The van der Waals surface area contributed by atoms with Crippen molar-refractivity contribution >= 4 is 17.4 Å². The van der Waals surface area contributed by atoms with Crippen molar-refractivity contribution in [3.8, 4) is 0 Å². The molecular weight excluding hydrogens is 484 g/mol. The van der Waals surface area contributed by atoms with E-state index < -0.39 is 11.5 Å². The van der Waals surface area contributed by atoms with Crippen molar-refractivity contribution in [2.45, 2.75) is 114 Å². The first kappa shape index (κ1) is 36.7. The summed E-state index contributed by atoms with van der Waals surface area (Å²) in [6.07, 6.45) is 18.8. The summed E-state index contributed by atoms with van der Waals surface area (Å²) in [6, 6.07) is 0. The predicted molar refractivity (Wildman–Crippen MR) is 168 cm³/mol. The Kier molecular flexibility index (Phi) is 18.6. The second-order valence-electron chi connectivity index (χ2n) is 12.1. The molecule has 0 saturated heterocycles. The van der Waals surface area contributed by atoms with E-state index in [-0.39, 0.29) is 29.9 Å². The Morgan fingerprint density at radius 1 is 1.18 bits per heavy atom. The van der Waals surface area contributed by atoms with Crippen molar-refractivity contribution in [2.75, 3.05) is 6.54 Å². The van der Waals surface area contributed by atoms with Gasteiger partial charge in [0.2, 0.25) is 5.91 Å². The van der Waals surface area contributed by atoms with Crippen LogP contribution in [-0.4, -0.2) is 35.2 Å². The Hall–Kier alpha value is -2.27. The largest absolute Gasteiger partial charge is 0.392 e. The van der Waals surface area contributed by atoms with Crippen LogP contribution in [-0.2, 0) is 9.59 Å². The van der Waals surface area contributed by atoms with Gasteiger partial charge in [-0.05, 0) is 63.9 Å². The van der Waals surface area contributed by atoms with Crippen LogP contribution < -0.4 is 5.32 Å². The zero-order chi connectivity index (χ0) is 30.0. The molecule has 5 heteroatoms. The van der Waals surface area contributed by atoms with Crippen molar-refractivity contribution in [3.05, 3.63) is 48.2 Å². The fraction of sp³-hybridized carbons (Fsp3) is 0.676. The van der Waals surface area contributed by atoms with Crippen molar-refractivity contribution in [1.29, 1.82) is 0 Å². The number of aliphatic hydroxyl groups excluding tert-OH is 1. The SMILES string of the molecule is C/C=C\CC(C)=NC(/C=C\C)=C\C(C)C.CC1CCC/C=C\[C@H](C)CNC(=O)CC(O)C(C)(C)C(=O)C(C)C1. The standard InChI is InChI=1S/C20H35NO3.C14H23N/c1-14-9-7-6-8-10-15(2)13-21-18(23)12-17(22)20(4,5)19(24)16(3)11-14;1-6-8-10-13(5)15-14(9-7-2)11-12(3)4/h8,10,14-17,22H,6-7,9,11-13H2,1-5H3,(H,21,23);6-9,11-12H,10H2,1-5H3/b10-8-;8-6-,9-7-,14-11-,15-13?/t14?,15-,16?,17?;/m0./s1. The van der Waals surface area contributed by atoms with E-state index in [0.29, 0.717) is 18.4 Å². The molecule has 2 N–H and O–H groups in total. The molecule has 1 aliphatic heterocycles. The number of rotatable bonds is 5. The van der Waals surface area contributed by atoms with Gasteiger partial charge in [0.05, 0.1) is 23.6 Å². The first-order valence-electron chi connectivity index (χ1n) is 14.9. The van der Waals surface area contributed by atoms with E-state index in [2.05, 4.69) is 81.4 Å². The molecule has 0 bridgehead atoms. The molecule has 0 radical (unpaired) electrons. The van der Waals surface area contributed by atoms with Crippen LogP contribution in [0.2, 0.25) is 0 Å². The van der Waals surface area contributed by atoms with E-state index in [1.807, 2.05) is 26.8 Å². The molecule has 0 spiro atoms. The highest BCUT2D eigenvalue weighted by Crippen LogP contribution is 2.31. The molecule has 0 saturated carbocycles. The molecule has 3 unspecified atom stereocenters. The number of carbonyl (C=O) groups excluding carboxylic acids is 2. The number of hydrogen-bond acceptors (Lipinski definition) is 4. The Labute approximate surface area is 240 Å². The lowest BCUT2D eigenvalue weighted by molar-refractivity contribution is -0.139. The highest BCUT2D eigenvalue weighted by Gasteiger charge is 2.39. The van der Waals surface area contributed by atoms with Crippen molar-refractivity contribution in [2.24, 2.45) is 34.1 Å². The minimum Gasteiger partial charge on any atom is -0.392 e. The average Bonchev–Trinajstić information content (AvgIpc) is 2.85. The van der Waals surface area contributed by atoms with Gasteiger partial charge >= 0.3 is 0 Å². The monoisotopic (exact) mass is 542 g/mol. The lowest BCUT2D eigenvalue weighted by Gasteiger charge is -2.32. The molecule has 222 valence electrons. The van der Waals surface area contributed by atoms with Crippen LogP contribution in [0.5, 0.6) is 0 Å². The molecular formula is C34H58N2O3. The van der Waals surface area contributed by atoms with Crippen LogP contribution in [0, 0.1) is 29.1 Å². The molecule has 0 aromatic heterocycles. The maximum atomic E-state index is 12.8. The summed E-state index contributed by atoms with van der Waals surface area (Å²) in [4.78, 5) is 29.4. The van der Waals surface area contributed by atoms with Crippen molar-refractivity contribution in [3.63, 3.8) is 0 Å². The summed E-state index contributed by atoms with van der Waals surface area (Å²) in [5, 5.41) is 13.3. The summed E-state index contributed by atoms with van der Waals surface area (Å²) in [6.45, 7) is 20.7. The number of aliphatic imine (C=N–C) groups is 1. The maximum absolute atomic E-state index is 12.8.